The normalized spacial score (nSPS) is 19.0. The monoisotopic (exact) mass is 387 g/mol. The van der Waals surface area contributed by atoms with Crippen LogP contribution in [0, 0.1) is 19.7 Å². The molecule has 1 aromatic heterocycles. The molecule has 0 aliphatic carbocycles. The van der Waals surface area contributed by atoms with Crippen LogP contribution in [0.2, 0.25) is 0 Å². The lowest BCUT2D eigenvalue weighted by atomic mass is 9.66. The summed E-state index contributed by atoms with van der Waals surface area (Å²) >= 11 is 0. The maximum Gasteiger partial charge on any atom is 0.466 e. The van der Waals surface area contributed by atoms with Crippen LogP contribution in [0.4, 0.5) is 4.39 Å². The number of carboxylic acid groups (broad SMARTS) is 1. The number of carboxylic acids is 1. The molecule has 1 fully saturated rings. The van der Waals surface area contributed by atoms with Crippen molar-refractivity contribution in [1.82, 2.24) is 4.57 Å². The Labute approximate surface area is 165 Å². The van der Waals surface area contributed by atoms with Crippen LogP contribution >= 0.6 is 0 Å². The first-order chi connectivity index (χ1) is 12.9. The minimum absolute atomic E-state index is 0.121. The lowest BCUT2D eigenvalue weighted by molar-refractivity contribution is -0.137. The fourth-order valence-electron chi connectivity index (χ4n) is 3.77. The number of benzene rings is 1. The van der Waals surface area contributed by atoms with Crippen molar-refractivity contribution in [2.24, 2.45) is 0 Å². The second-order valence-electron chi connectivity index (χ2n) is 8.47. The van der Waals surface area contributed by atoms with E-state index >= 15 is 0 Å². The van der Waals surface area contributed by atoms with Crippen LogP contribution in [0.25, 0.3) is 5.69 Å². The predicted octanol–water partition coefficient (Wildman–Crippen LogP) is 4.42. The summed E-state index contributed by atoms with van der Waals surface area (Å²) in [7, 11) is -0.678. The Morgan fingerprint density at radius 3 is 2.32 bits per heavy atom. The second-order valence-corrected chi connectivity index (χ2v) is 8.47. The first kappa shape index (κ1) is 20.6. The minimum Gasteiger partial charge on any atom is -0.481 e. The van der Waals surface area contributed by atoms with E-state index in [0.717, 1.165) is 17.0 Å². The largest absolute Gasteiger partial charge is 0.481 e. The molecule has 2 heterocycles. The third-order valence-electron chi connectivity index (χ3n) is 5.93. The molecule has 28 heavy (non-hydrogen) atoms. The van der Waals surface area contributed by atoms with Crippen molar-refractivity contribution in [2.45, 2.75) is 65.0 Å². The predicted molar refractivity (Wildman–Crippen MR) is 106 cm³/mol. The van der Waals surface area contributed by atoms with Crippen LogP contribution in [0.5, 0.6) is 0 Å². The molecule has 150 valence electrons. The van der Waals surface area contributed by atoms with Gasteiger partial charge in [0, 0.05) is 22.9 Å². The molecule has 0 amide bonds. The quantitative estimate of drug-likeness (QED) is 0.772. The van der Waals surface area contributed by atoms with Gasteiger partial charge in [-0.1, -0.05) is 6.07 Å². The molecule has 1 atom stereocenters. The molecule has 0 spiro atoms. The third kappa shape index (κ3) is 3.61. The maximum atomic E-state index is 13.7. The van der Waals surface area contributed by atoms with Gasteiger partial charge < -0.3 is 19.0 Å². The minimum atomic E-state index is -0.921. The number of aliphatic carboxylic acids is 1. The van der Waals surface area contributed by atoms with E-state index in [0.29, 0.717) is 5.69 Å². The highest BCUT2D eigenvalue weighted by molar-refractivity contribution is 6.48. The van der Waals surface area contributed by atoms with Gasteiger partial charge in [-0.3, -0.25) is 4.79 Å². The summed E-state index contributed by atoms with van der Waals surface area (Å²) in [6.45, 7) is 11.6. The molecule has 0 radical (unpaired) electrons. The van der Waals surface area contributed by atoms with Gasteiger partial charge >= 0.3 is 13.1 Å². The molecule has 1 saturated heterocycles. The number of aryl methyl sites for hydroxylation is 1. The molecule has 1 aliphatic heterocycles. The Morgan fingerprint density at radius 1 is 1.18 bits per heavy atom. The zero-order chi connectivity index (χ0) is 20.9. The summed E-state index contributed by atoms with van der Waals surface area (Å²) in [6, 6.07) is 8.29. The molecule has 0 bridgehead atoms. The first-order valence-electron chi connectivity index (χ1n) is 9.45. The van der Waals surface area contributed by atoms with Crippen molar-refractivity contribution in [3.8, 4) is 5.69 Å². The Balaban J connectivity index is 2.05. The molecule has 2 aromatic rings. The summed E-state index contributed by atoms with van der Waals surface area (Å²) in [4.78, 5) is 11.6. The number of hydrogen-bond donors (Lipinski definition) is 1. The summed E-state index contributed by atoms with van der Waals surface area (Å²) in [5.74, 6) is -1.72. The molecule has 3 rings (SSSR count). The molecule has 1 unspecified atom stereocenters. The van der Waals surface area contributed by atoms with E-state index in [-0.39, 0.29) is 12.2 Å². The Morgan fingerprint density at radius 2 is 1.79 bits per heavy atom. The fourth-order valence-corrected chi connectivity index (χ4v) is 3.77. The Kier molecular flexibility index (Phi) is 5.19. The van der Waals surface area contributed by atoms with Crippen LogP contribution in [0.15, 0.2) is 30.3 Å². The van der Waals surface area contributed by atoms with Crippen LogP contribution < -0.4 is 0 Å². The topological polar surface area (TPSA) is 60.7 Å². The van der Waals surface area contributed by atoms with E-state index < -0.39 is 30.1 Å². The fraction of sp³-hybridized carbons (Fsp3) is 0.476. The van der Waals surface area contributed by atoms with Crippen LogP contribution in [-0.2, 0) is 14.1 Å². The van der Waals surface area contributed by atoms with Gasteiger partial charge in [0.15, 0.2) is 0 Å². The van der Waals surface area contributed by atoms with Gasteiger partial charge in [-0.05, 0) is 71.4 Å². The summed E-state index contributed by atoms with van der Waals surface area (Å²) in [6.07, 6.45) is -0.121. The van der Waals surface area contributed by atoms with E-state index in [1.165, 1.54) is 12.1 Å². The number of carbonyl (C=O) groups is 1. The Bertz CT molecular complexity index is 890. The van der Waals surface area contributed by atoms with Gasteiger partial charge in [0.05, 0.1) is 17.6 Å². The van der Waals surface area contributed by atoms with Gasteiger partial charge in [-0.2, -0.15) is 0 Å². The Hall–Kier alpha value is -2.12. The van der Waals surface area contributed by atoms with Gasteiger partial charge in [0.25, 0.3) is 0 Å². The summed E-state index contributed by atoms with van der Waals surface area (Å²) in [5, 5.41) is 9.52. The zero-order valence-electron chi connectivity index (χ0n) is 17.2. The van der Waals surface area contributed by atoms with Gasteiger partial charge in [0.1, 0.15) is 5.82 Å². The molecule has 1 N–H and O–H groups in total. The summed E-state index contributed by atoms with van der Waals surface area (Å²) < 4.78 is 28.0. The van der Waals surface area contributed by atoms with Gasteiger partial charge in [-0.25, -0.2) is 4.39 Å². The molecule has 0 saturated carbocycles. The highest BCUT2D eigenvalue weighted by Crippen LogP contribution is 2.43. The smallest absolute Gasteiger partial charge is 0.466 e. The van der Waals surface area contributed by atoms with Gasteiger partial charge in [-0.15, -0.1) is 0 Å². The number of aromatic nitrogens is 1. The first-order valence-corrected chi connectivity index (χ1v) is 9.45. The van der Waals surface area contributed by atoms with E-state index in [1.807, 2.05) is 58.2 Å². The van der Waals surface area contributed by atoms with Crippen molar-refractivity contribution in [2.75, 3.05) is 0 Å². The van der Waals surface area contributed by atoms with Crippen molar-refractivity contribution in [1.29, 1.82) is 0 Å². The van der Waals surface area contributed by atoms with Crippen molar-refractivity contribution in [3.63, 3.8) is 0 Å². The molecular formula is C21H27BFNO4. The lowest BCUT2D eigenvalue weighted by Gasteiger charge is -2.32. The molecular weight excluding hydrogens is 360 g/mol. The number of rotatable bonds is 5. The number of hydrogen-bond acceptors (Lipinski definition) is 3. The SMILES string of the molecule is Cc1cc(C(CC(=O)O)B2OC(C)(C)C(C)(C)O2)c(C)n1-c1cccc(F)c1. The van der Waals surface area contributed by atoms with Gasteiger partial charge in [0.2, 0.25) is 0 Å². The van der Waals surface area contributed by atoms with Crippen LogP contribution in [0.3, 0.4) is 0 Å². The zero-order valence-corrected chi connectivity index (χ0v) is 17.2. The average Bonchev–Trinajstić information content (AvgIpc) is 2.96. The highest BCUT2D eigenvalue weighted by atomic mass is 19.1. The molecule has 7 heteroatoms. The van der Waals surface area contributed by atoms with E-state index in [4.69, 9.17) is 9.31 Å². The molecule has 5 nitrogen and oxygen atoms in total. The lowest BCUT2D eigenvalue weighted by Crippen LogP contribution is -2.41. The van der Waals surface area contributed by atoms with Crippen LogP contribution in [0.1, 0.15) is 56.9 Å². The highest BCUT2D eigenvalue weighted by Gasteiger charge is 2.54. The van der Waals surface area contributed by atoms with Crippen LogP contribution in [-0.4, -0.2) is 34.0 Å². The third-order valence-corrected chi connectivity index (χ3v) is 5.93. The van der Waals surface area contributed by atoms with Crippen molar-refractivity contribution in [3.05, 3.63) is 53.1 Å². The molecule has 1 aliphatic rings. The molecule has 1 aromatic carbocycles. The summed E-state index contributed by atoms with van der Waals surface area (Å²) in [5.41, 5.74) is 2.17. The number of halogens is 1. The van der Waals surface area contributed by atoms with Crippen molar-refractivity contribution < 1.29 is 23.6 Å². The second kappa shape index (κ2) is 7.05. The average molecular weight is 387 g/mol. The van der Waals surface area contributed by atoms with E-state index in [1.54, 1.807) is 6.07 Å². The van der Waals surface area contributed by atoms with E-state index in [2.05, 4.69) is 0 Å². The standard InChI is InChI=1S/C21H27BFNO4/c1-13-10-17(14(2)24(13)16-9-7-8-15(23)11-16)18(12-19(25)26)22-27-20(3,4)21(5,6)28-22/h7-11,18H,12H2,1-6H3,(H,25,26). The number of nitrogens with zero attached hydrogens (tertiary/aromatic N) is 1. The van der Waals surface area contributed by atoms with E-state index in [9.17, 15) is 14.3 Å². The maximum absolute atomic E-state index is 13.7. The van der Waals surface area contributed by atoms with Crippen molar-refractivity contribution >= 4 is 13.1 Å².